The van der Waals surface area contributed by atoms with Crippen LogP contribution in [0.1, 0.15) is 65.2 Å². The molecule has 73 valence electrons. The maximum atomic E-state index is 3.86. The highest BCUT2D eigenvalue weighted by Gasteiger charge is 2.00. The molecule has 0 amide bonds. The molecule has 0 aliphatic carbocycles. The monoisotopic (exact) mass is 169 g/mol. The van der Waals surface area contributed by atoms with E-state index in [-0.39, 0.29) is 0 Å². The van der Waals surface area contributed by atoms with E-state index in [1.54, 1.807) is 0 Å². The maximum Gasteiger partial charge on any atom is -0.0443 e. The van der Waals surface area contributed by atoms with Crippen LogP contribution >= 0.6 is 0 Å². The first-order valence-corrected chi connectivity index (χ1v) is 5.60. The summed E-state index contributed by atoms with van der Waals surface area (Å²) in [5.41, 5.74) is 0. The molecule has 0 fully saturated rings. The predicted octanol–water partition coefficient (Wildman–Crippen LogP) is 4.60. The van der Waals surface area contributed by atoms with E-state index in [0.29, 0.717) is 0 Å². The molecular weight excluding hydrogens is 144 g/mol. The first-order chi connectivity index (χ1) is 5.81. The van der Waals surface area contributed by atoms with E-state index in [1.165, 1.54) is 44.9 Å². The second-order valence-corrected chi connectivity index (χ2v) is 3.95. The molecule has 1 radical (unpaired) electrons. The highest BCUT2D eigenvalue weighted by molar-refractivity contribution is 4.54. The summed E-state index contributed by atoms with van der Waals surface area (Å²) in [5, 5.41) is 0. The van der Waals surface area contributed by atoms with Gasteiger partial charge < -0.3 is 0 Å². The third kappa shape index (κ3) is 8.10. The highest BCUT2D eigenvalue weighted by atomic mass is 14.1. The number of hydrogen-bond donors (Lipinski definition) is 0. The van der Waals surface area contributed by atoms with E-state index in [9.17, 15) is 0 Å². The van der Waals surface area contributed by atoms with Crippen LogP contribution < -0.4 is 0 Å². The van der Waals surface area contributed by atoms with E-state index < -0.39 is 0 Å². The third-order valence-corrected chi connectivity index (χ3v) is 2.50. The van der Waals surface area contributed by atoms with Gasteiger partial charge in [-0.2, -0.15) is 0 Å². The number of unbranched alkanes of at least 4 members (excludes halogenated alkanes) is 4. The Morgan fingerprint density at radius 3 is 2.08 bits per heavy atom. The Labute approximate surface area is 78.8 Å². The fourth-order valence-electron chi connectivity index (χ4n) is 1.56. The van der Waals surface area contributed by atoms with Gasteiger partial charge in [0.15, 0.2) is 0 Å². The van der Waals surface area contributed by atoms with E-state index in [1.807, 2.05) is 0 Å². The molecule has 12 heavy (non-hydrogen) atoms. The molecule has 1 atom stereocenters. The first-order valence-electron chi connectivity index (χ1n) is 5.60. The molecule has 0 saturated carbocycles. The van der Waals surface area contributed by atoms with Crippen molar-refractivity contribution in [3.63, 3.8) is 0 Å². The number of hydrogen-bond acceptors (Lipinski definition) is 0. The molecule has 0 bridgehead atoms. The summed E-state index contributed by atoms with van der Waals surface area (Å²) in [6.45, 7) is 8.52. The molecule has 1 unspecified atom stereocenters. The van der Waals surface area contributed by atoms with Crippen LogP contribution in [0.4, 0.5) is 0 Å². The Morgan fingerprint density at radius 2 is 1.58 bits per heavy atom. The standard InChI is InChI=1S/C12H25/c1-4-6-8-10-12(3)11-9-7-5-2/h12H,1,4-11H2,2-3H3. The molecule has 0 aliphatic rings. The summed E-state index contributed by atoms with van der Waals surface area (Å²) in [4.78, 5) is 0. The van der Waals surface area contributed by atoms with Gasteiger partial charge in [0.25, 0.3) is 0 Å². The fourth-order valence-corrected chi connectivity index (χ4v) is 1.56. The lowest BCUT2D eigenvalue weighted by Gasteiger charge is -2.09. The van der Waals surface area contributed by atoms with Crippen molar-refractivity contribution in [3.05, 3.63) is 6.92 Å². The maximum absolute atomic E-state index is 3.86. The van der Waals surface area contributed by atoms with Crippen molar-refractivity contribution in [2.45, 2.75) is 65.2 Å². The van der Waals surface area contributed by atoms with Gasteiger partial charge in [-0.1, -0.05) is 72.1 Å². The summed E-state index contributed by atoms with van der Waals surface area (Å²) in [6, 6.07) is 0. The van der Waals surface area contributed by atoms with Crippen LogP contribution in [0.2, 0.25) is 0 Å². The molecular formula is C12H25. The molecule has 0 aliphatic heterocycles. The molecule has 0 rings (SSSR count). The average Bonchev–Trinajstić information content (AvgIpc) is 2.06. The van der Waals surface area contributed by atoms with Crippen LogP contribution in [0.15, 0.2) is 0 Å². The van der Waals surface area contributed by atoms with Crippen molar-refractivity contribution in [2.75, 3.05) is 0 Å². The minimum Gasteiger partial charge on any atom is -0.0654 e. The minimum absolute atomic E-state index is 0.947. The molecule has 0 aromatic heterocycles. The van der Waals surface area contributed by atoms with Gasteiger partial charge in [-0.05, 0) is 5.92 Å². The van der Waals surface area contributed by atoms with Crippen molar-refractivity contribution in [1.82, 2.24) is 0 Å². The van der Waals surface area contributed by atoms with Crippen LogP contribution in [0, 0.1) is 12.8 Å². The Kier molecular flexibility index (Phi) is 9.09. The van der Waals surface area contributed by atoms with Crippen molar-refractivity contribution >= 4 is 0 Å². The molecule has 0 aromatic rings. The van der Waals surface area contributed by atoms with Gasteiger partial charge in [0.2, 0.25) is 0 Å². The molecule has 0 spiro atoms. The van der Waals surface area contributed by atoms with E-state index >= 15 is 0 Å². The lowest BCUT2D eigenvalue weighted by atomic mass is 9.97. The van der Waals surface area contributed by atoms with E-state index in [0.717, 1.165) is 12.3 Å². The first kappa shape index (κ1) is 12.0. The predicted molar refractivity (Wildman–Crippen MR) is 57.1 cm³/mol. The summed E-state index contributed by atoms with van der Waals surface area (Å²) < 4.78 is 0. The Balaban J connectivity index is 3.04. The fraction of sp³-hybridized carbons (Fsp3) is 0.917. The van der Waals surface area contributed by atoms with Crippen molar-refractivity contribution in [1.29, 1.82) is 0 Å². The summed E-state index contributed by atoms with van der Waals surface area (Å²) in [7, 11) is 0. The molecule has 0 saturated heterocycles. The van der Waals surface area contributed by atoms with Gasteiger partial charge >= 0.3 is 0 Å². The van der Waals surface area contributed by atoms with Gasteiger partial charge in [-0.25, -0.2) is 0 Å². The smallest absolute Gasteiger partial charge is 0.0443 e. The van der Waals surface area contributed by atoms with Crippen molar-refractivity contribution < 1.29 is 0 Å². The van der Waals surface area contributed by atoms with Crippen LogP contribution in [-0.2, 0) is 0 Å². The lowest BCUT2D eigenvalue weighted by molar-refractivity contribution is 0.444. The Hall–Kier alpha value is 0. The van der Waals surface area contributed by atoms with E-state index in [4.69, 9.17) is 0 Å². The molecule has 0 heteroatoms. The zero-order chi connectivity index (χ0) is 9.23. The van der Waals surface area contributed by atoms with Crippen LogP contribution in [-0.4, -0.2) is 0 Å². The van der Waals surface area contributed by atoms with Crippen LogP contribution in [0.3, 0.4) is 0 Å². The highest BCUT2D eigenvalue weighted by Crippen LogP contribution is 2.16. The van der Waals surface area contributed by atoms with Crippen LogP contribution in [0.25, 0.3) is 0 Å². The zero-order valence-corrected chi connectivity index (χ0v) is 8.94. The lowest BCUT2D eigenvalue weighted by Crippen LogP contribution is -1.94. The zero-order valence-electron chi connectivity index (χ0n) is 8.94. The van der Waals surface area contributed by atoms with Gasteiger partial charge in [0.1, 0.15) is 0 Å². The van der Waals surface area contributed by atoms with Crippen LogP contribution in [0.5, 0.6) is 0 Å². The number of rotatable bonds is 8. The topological polar surface area (TPSA) is 0 Å². The molecule has 0 nitrogen and oxygen atoms in total. The quantitative estimate of drug-likeness (QED) is 0.466. The Morgan fingerprint density at radius 1 is 1.00 bits per heavy atom. The molecule has 0 N–H and O–H groups in total. The van der Waals surface area contributed by atoms with Gasteiger partial charge in [0.05, 0.1) is 0 Å². The summed E-state index contributed by atoms with van der Waals surface area (Å²) >= 11 is 0. The van der Waals surface area contributed by atoms with Gasteiger partial charge in [-0.15, -0.1) is 0 Å². The Bertz CT molecular complexity index is 66.1. The molecule has 0 heterocycles. The van der Waals surface area contributed by atoms with Gasteiger partial charge in [-0.3, -0.25) is 0 Å². The third-order valence-electron chi connectivity index (χ3n) is 2.50. The minimum atomic E-state index is 0.947. The summed E-state index contributed by atoms with van der Waals surface area (Å²) in [5.74, 6) is 0.947. The van der Waals surface area contributed by atoms with Crippen molar-refractivity contribution in [3.8, 4) is 0 Å². The second kappa shape index (κ2) is 9.09. The second-order valence-electron chi connectivity index (χ2n) is 3.95. The van der Waals surface area contributed by atoms with E-state index in [2.05, 4.69) is 20.8 Å². The summed E-state index contributed by atoms with van der Waals surface area (Å²) in [6.07, 6.45) is 10.9. The SMILES string of the molecule is [CH2]CCCCC(C)CCCCC. The average molecular weight is 169 g/mol. The molecule has 0 aromatic carbocycles. The van der Waals surface area contributed by atoms with Gasteiger partial charge in [0, 0.05) is 0 Å². The largest absolute Gasteiger partial charge is 0.0654 e. The normalized spacial score (nSPS) is 11.0. The van der Waals surface area contributed by atoms with Crippen molar-refractivity contribution in [2.24, 2.45) is 5.92 Å².